The lowest BCUT2D eigenvalue weighted by molar-refractivity contribution is -0.117. The lowest BCUT2D eigenvalue weighted by Crippen LogP contribution is -2.35. The zero-order valence-corrected chi connectivity index (χ0v) is 21.0. The summed E-state index contributed by atoms with van der Waals surface area (Å²) in [7, 11) is 0. The first-order valence-corrected chi connectivity index (χ1v) is 12.6. The minimum absolute atomic E-state index is 0.0959. The SMILES string of the molecule is CC(C)n1c(SCC(=O)NC(=O)Nc2ccc3c(c2)OCO3)nc2ccc(-c3ccccc3)cc2c1=O. The molecule has 3 amide bonds. The number of anilines is 1. The molecule has 0 spiro atoms. The number of hydrogen-bond acceptors (Lipinski definition) is 7. The van der Waals surface area contributed by atoms with Gasteiger partial charge in [0.15, 0.2) is 16.7 Å². The van der Waals surface area contributed by atoms with Crippen LogP contribution in [-0.2, 0) is 4.79 Å². The lowest BCUT2D eigenvalue weighted by atomic mass is 10.0. The van der Waals surface area contributed by atoms with Crippen molar-refractivity contribution in [1.29, 1.82) is 0 Å². The molecule has 1 aliphatic rings. The Morgan fingerprint density at radius 2 is 1.78 bits per heavy atom. The van der Waals surface area contributed by atoms with Crippen molar-refractivity contribution >= 4 is 40.3 Å². The van der Waals surface area contributed by atoms with Crippen molar-refractivity contribution < 1.29 is 19.1 Å². The van der Waals surface area contributed by atoms with Crippen LogP contribution in [0.1, 0.15) is 19.9 Å². The Labute approximate surface area is 216 Å². The summed E-state index contributed by atoms with van der Waals surface area (Å²) in [6.07, 6.45) is 0. The number of imide groups is 1. The topological polar surface area (TPSA) is 112 Å². The second kappa shape index (κ2) is 10.4. The monoisotopic (exact) mass is 516 g/mol. The fourth-order valence-electron chi connectivity index (χ4n) is 3.98. The molecule has 1 aliphatic heterocycles. The van der Waals surface area contributed by atoms with Gasteiger partial charge < -0.3 is 14.8 Å². The number of ether oxygens (including phenoxy) is 2. The number of fused-ring (bicyclic) bond motifs is 2. The van der Waals surface area contributed by atoms with Gasteiger partial charge >= 0.3 is 6.03 Å². The smallest absolute Gasteiger partial charge is 0.325 e. The summed E-state index contributed by atoms with van der Waals surface area (Å²) in [5.74, 6) is 0.493. The molecular formula is C27H24N4O5S. The van der Waals surface area contributed by atoms with Gasteiger partial charge in [-0.3, -0.25) is 19.5 Å². The van der Waals surface area contributed by atoms with Crippen molar-refractivity contribution in [2.75, 3.05) is 17.9 Å². The second-order valence-corrected chi connectivity index (χ2v) is 9.56. The first-order valence-electron chi connectivity index (χ1n) is 11.6. The van der Waals surface area contributed by atoms with E-state index in [-0.39, 0.29) is 24.1 Å². The summed E-state index contributed by atoms with van der Waals surface area (Å²) in [5, 5.41) is 5.81. The predicted molar refractivity (Wildman–Crippen MR) is 142 cm³/mol. The highest BCUT2D eigenvalue weighted by atomic mass is 32.2. The van der Waals surface area contributed by atoms with Gasteiger partial charge in [-0.15, -0.1) is 0 Å². The summed E-state index contributed by atoms with van der Waals surface area (Å²) < 4.78 is 12.1. The Morgan fingerprint density at radius 1 is 1.00 bits per heavy atom. The van der Waals surface area contributed by atoms with E-state index in [1.165, 1.54) is 0 Å². The highest BCUT2D eigenvalue weighted by molar-refractivity contribution is 7.99. The molecule has 4 aromatic rings. The third-order valence-corrected chi connectivity index (χ3v) is 6.66. The molecule has 2 heterocycles. The van der Waals surface area contributed by atoms with Crippen molar-refractivity contribution in [3.05, 3.63) is 77.1 Å². The number of hydrogen-bond donors (Lipinski definition) is 2. The summed E-state index contributed by atoms with van der Waals surface area (Å²) in [4.78, 5) is 42.8. The first kappa shape index (κ1) is 24.4. The summed E-state index contributed by atoms with van der Waals surface area (Å²) >= 11 is 1.10. The third kappa shape index (κ3) is 5.29. The average molecular weight is 517 g/mol. The Hall–Kier alpha value is -4.31. The number of carbonyl (C=O) groups excluding carboxylic acids is 2. The number of nitrogens with one attached hydrogen (secondary N) is 2. The Balaban J connectivity index is 1.30. The molecule has 0 bridgehead atoms. The molecule has 0 saturated carbocycles. The molecule has 0 fully saturated rings. The van der Waals surface area contributed by atoms with E-state index in [2.05, 4.69) is 15.6 Å². The van der Waals surface area contributed by atoms with Crippen molar-refractivity contribution in [3.8, 4) is 22.6 Å². The van der Waals surface area contributed by atoms with E-state index in [0.717, 1.165) is 22.9 Å². The Morgan fingerprint density at radius 3 is 2.57 bits per heavy atom. The highest BCUT2D eigenvalue weighted by Gasteiger charge is 2.18. The summed E-state index contributed by atoms with van der Waals surface area (Å²) in [6, 6.07) is 19.5. The second-order valence-electron chi connectivity index (χ2n) is 8.62. The average Bonchev–Trinajstić information content (AvgIpc) is 3.35. The minimum Gasteiger partial charge on any atom is -0.454 e. The van der Waals surface area contributed by atoms with E-state index >= 15 is 0 Å². The molecule has 10 heteroatoms. The van der Waals surface area contributed by atoms with E-state index in [9.17, 15) is 14.4 Å². The molecule has 5 rings (SSSR count). The zero-order valence-electron chi connectivity index (χ0n) is 20.2. The van der Waals surface area contributed by atoms with Gasteiger partial charge in [-0.05, 0) is 49.2 Å². The molecule has 0 atom stereocenters. The van der Waals surface area contributed by atoms with Gasteiger partial charge in [0.1, 0.15) is 0 Å². The van der Waals surface area contributed by atoms with Crippen molar-refractivity contribution in [1.82, 2.24) is 14.9 Å². The molecule has 0 unspecified atom stereocenters. The Kier molecular flexibility index (Phi) is 6.82. The van der Waals surface area contributed by atoms with Gasteiger partial charge in [0.25, 0.3) is 5.56 Å². The normalized spacial score (nSPS) is 12.1. The van der Waals surface area contributed by atoms with Crippen LogP contribution in [0, 0.1) is 0 Å². The number of amides is 3. The molecule has 9 nitrogen and oxygen atoms in total. The standard InChI is InChI=1S/C27H24N4O5S/c1-16(2)31-25(33)20-12-18(17-6-4-3-5-7-17)8-10-21(20)29-27(31)37-14-24(32)30-26(34)28-19-9-11-22-23(13-19)36-15-35-22/h3-13,16H,14-15H2,1-2H3,(H2,28,30,32,34). The van der Waals surface area contributed by atoms with Gasteiger partial charge in [-0.1, -0.05) is 48.2 Å². The van der Waals surface area contributed by atoms with Crippen LogP contribution in [0.15, 0.2) is 76.7 Å². The zero-order chi connectivity index (χ0) is 25.9. The van der Waals surface area contributed by atoms with Crippen LogP contribution in [0.5, 0.6) is 11.5 Å². The third-order valence-electron chi connectivity index (χ3n) is 5.71. The molecule has 0 aliphatic carbocycles. The summed E-state index contributed by atoms with van der Waals surface area (Å²) in [5.41, 5.74) is 2.76. The molecule has 188 valence electrons. The number of rotatable bonds is 6. The number of carbonyl (C=O) groups is 2. The first-order chi connectivity index (χ1) is 17.9. The fraction of sp³-hybridized carbons (Fsp3) is 0.185. The van der Waals surface area contributed by atoms with E-state index in [4.69, 9.17) is 9.47 Å². The molecule has 1 aromatic heterocycles. The van der Waals surface area contributed by atoms with Crippen molar-refractivity contribution in [2.45, 2.75) is 25.0 Å². The van der Waals surface area contributed by atoms with Crippen LogP contribution in [0.3, 0.4) is 0 Å². The number of aromatic nitrogens is 2. The maximum absolute atomic E-state index is 13.4. The molecule has 0 radical (unpaired) electrons. The number of urea groups is 1. The fourth-order valence-corrected chi connectivity index (χ4v) is 4.90. The molecular weight excluding hydrogens is 492 g/mol. The number of thioether (sulfide) groups is 1. The number of nitrogens with zero attached hydrogens (tertiary/aromatic N) is 2. The van der Waals surface area contributed by atoms with Crippen molar-refractivity contribution in [3.63, 3.8) is 0 Å². The highest BCUT2D eigenvalue weighted by Crippen LogP contribution is 2.34. The summed E-state index contributed by atoms with van der Waals surface area (Å²) in [6.45, 7) is 3.90. The van der Waals surface area contributed by atoms with Gasteiger partial charge in [-0.25, -0.2) is 9.78 Å². The van der Waals surface area contributed by atoms with Gasteiger partial charge in [-0.2, -0.15) is 0 Å². The molecule has 0 saturated heterocycles. The van der Waals surface area contributed by atoms with Crippen LogP contribution in [0.25, 0.3) is 22.0 Å². The maximum atomic E-state index is 13.4. The van der Waals surface area contributed by atoms with Crippen LogP contribution >= 0.6 is 11.8 Å². The molecule has 3 aromatic carbocycles. The lowest BCUT2D eigenvalue weighted by Gasteiger charge is -2.16. The molecule has 37 heavy (non-hydrogen) atoms. The molecule has 2 N–H and O–H groups in total. The van der Waals surface area contributed by atoms with Crippen LogP contribution < -0.4 is 25.7 Å². The maximum Gasteiger partial charge on any atom is 0.325 e. The Bertz CT molecular complexity index is 1550. The van der Waals surface area contributed by atoms with E-state index in [0.29, 0.717) is 33.2 Å². The largest absolute Gasteiger partial charge is 0.454 e. The van der Waals surface area contributed by atoms with E-state index < -0.39 is 11.9 Å². The van der Waals surface area contributed by atoms with Gasteiger partial charge in [0.05, 0.1) is 16.7 Å². The van der Waals surface area contributed by atoms with Gasteiger partial charge in [0.2, 0.25) is 12.7 Å². The van der Waals surface area contributed by atoms with Crippen LogP contribution in [-0.4, -0.2) is 34.0 Å². The van der Waals surface area contributed by atoms with Crippen LogP contribution in [0.4, 0.5) is 10.5 Å². The van der Waals surface area contributed by atoms with E-state index in [1.54, 1.807) is 22.8 Å². The van der Waals surface area contributed by atoms with Gasteiger partial charge in [0, 0.05) is 17.8 Å². The van der Waals surface area contributed by atoms with E-state index in [1.807, 2.05) is 62.4 Å². The minimum atomic E-state index is -0.675. The van der Waals surface area contributed by atoms with Crippen LogP contribution in [0.2, 0.25) is 0 Å². The predicted octanol–water partition coefficient (Wildman–Crippen LogP) is 4.81. The quantitative estimate of drug-likeness (QED) is 0.279. The number of benzene rings is 3. The van der Waals surface area contributed by atoms with Crippen molar-refractivity contribution in [2.24, 2.45) is 0 Å².